The van der Waals surface area contributed by atoms with E-state index in [1.807, 2.05) is 56.0 Å². The Labute approximate surface area is 195 Å². The van der Waals surface area contributed by atoms with Gasteiger partial charge in [-0.05, 0) is 33.3 Å². The van der Waals surface area contributed by atoms with Crippen molar-refractivity contribution in [2.24, 2.45) is 0 Å². The summed E-state index contributed by atoms with van der Waals surface area (Å²) >= 11 is 0. The summed E-state index contributed by atoms with van der Waals surface area (Å²) in [6.45, 7) is 11.1. The number of hydrogen-bond donors (Lipinski definition) is 2. The average Bonchev–Trinajstić information content (AvgIpc) is 2.79. The van der Waals surface area contributed by atoms with Crippen LogP contribution in [0.2, 0.25) is 0 Å². The van der Waals surface area contributed by atoms with Gasteiger partial charge in [-0.2, -0.15) is 0 Å². The van der Waals surface area contributed by atoms with Gasteiger partial charge in [0.2, 0.25) is 0 Å². The van der Waals surface area contributed by atoms with Crippen LogP contribution in [0.15, 0.2) is 41.6 Å². The molecule has 9 heteroatoms. The van der Waals surface area contributed by atoms with Crippen LogP contribution >= 0.6 is 0 Å². The van der Waals surface area contributed by atoms with Crippen LogP contribution in [0.3, 0.4) is 0 Å². The summed E-state index contributed by atoms with van der Waals surface area (Å²) in [5, 5.41) is 5.84. The number of hydrogen-bond acceptors (Lipinski definition) is 5. The van der Waals surface area contributed by atoms with Crippen molar-refractivity contribution >= 4 is 18.0 Å². The third-order valence-electron chi connectivity index (χ3n) is 6.06. The maximum absolute atomic E-state index is 13.1. The van der Waals surface area contributed by atoms with Crippen LogP contribution in [0, 0.1) is 0 Å². The second kappa shape index (κ2) is 11.2. The highest BCUT2D eigenvalue weighted by Gasteiger charge is 2.39. The first-order valence-electron chi connectivity index (χ1n) is 11.7. The fourth-order valence-corrected chi connectivity index (χ4v) is 4.50. The molecule has 0 aliphatic carbocycles. The number of likely N-dealkylation sites (N-methyl/N-ethyl adjacent to an activating group) is 1. The number of nitrogens with zero attached hydrogens (tertiary/aromatic N) is 3. The summed E-state index contributed by atoms with van der Waals surface area (Å²) in [6.07, 6.45) is 0. The third kappa shape index (κ3) is 5.47. The van der Waals surface area contributed by atoms with Gasteiger partial charge < -0.3 is 20.3 Å². The van der Waals surface area contributed by atoms with Crippen LogP contribution in [0.5, 0.6) is 0 Å². The SMILES string of the molecule is CCNC(=O)N1CCN(CC2=C(C(=O)OCC)[C@@H](c3ccccc3)NC(=O)N2CC)C[C@@H]1C. The van der Waals surface area contributed by atoms with Crippen LogP contribution < -0.4 is 10.6 Å². The Morgan fingerprint density at radius 3 is 2.48 bits per heavy atom. The third-order valence-corrected chi connectivity index (χ3v) is 6.06. The van der Waals surface area contributed by atoms with Gasteiger partial charge in [0, 0.05) is 51.0 Å². The lowest BCUT2D eigenvalue weighted by molar-refractivity contribution is -0.139. The molecule has 0 aromatic heterocycles. The molecule has 1 aromatic carbocycles. The van der Waals surface area contributed by atoms with Crippen molar-refractivity contribution in [2.75, 3.05) is 45.9 Å². The molecule has 180 valence electrons. The summed E-state index contributed by atoms with van der Waals surface area (Å²) in [5.74, 6) is -0.422. The first-order chi connectivity index (χ1) is 15.9. The van der Waals surface area contributed by atoms with E-state index in [0.29, 0.717) is 50.5 Å². The lowest BCUT2D eigenvalue weighted by atomic mass is 9.94. The molecule has 0 unspecified atom stereocenters. The van der Waals surface area contributed by atoms with E-state index in [9.17, 15) is 14.4 Å². The van der Waals surface area contributed by atoms with Crippen molar-refractivity contribution in [2.45, 2.75) is 39.8 Å². The molecule has 9 nitrogen and oxygen atoms in total. The molecular weight excluding hydrogens is 422 g/mol. The standard InChI is InChI=1S/C24H35N5O4/c1-5-25-23(31)29-14-13-27(15-17(29)4)16-19-20(22(30)33-7-3)21(18-11-9-8-10-12-18)26-24(32)28(19)6-2/h8-12,17,21H,5-7,13-16H2,1-4H3,(H,25,31)(H,26,32)/t17-,21+/m0/s1. The minimum Gasteiger partial charge on any atom is -0.463 e. The average molecular weight is 458 g/mol. The summed E-state index contributed by atoms with van der Waals surface area (Å²) < 4.78 is 5.42. The number of benzene rings is 1. The fourth-order valence-electron chi connectivity index (χ4n) is 4.50. The first-order valence-corrected chi connectivity index (χ1v) is 11.7. The van der Waals surface area contributed by atoms with Gasteiger partial charge in [0.15, 0.2) is 0 Å². The number of esters is 1. The Hall–Kier alpha value is -3.07. The zero-order valence-corrected chi connectivity index (χ0v) is 20.0. The molecule has 4 amide bonds. The van der Waals surface area contributed by atoms with Crippen molar-refractivity contribution in [1.82, 2.24) is 25.3 Å². The molecular formula is C24H35N5O4. The van der Waals surface area contributed by atoms with Gasteiger partial charge in [-0.1, -0.05) is 30.3 Å². The van der Waals surface area contributed by atoms with Gasteiger partial charge in [-0.3, -0.25) is 9.80 Å². The number of carbonyl (C=O) groups excluding carboxylic acids is 3. The molecule has 1 saturated heterocycles. The predicted molar refractivity (Wildman–Crippen MR) is 125 cm³/mol. The molecule has 33 heavy (non-hydrogen) atoms. The van der Waals surface area contributed by atoms with Crippen LogP contribution in [-0.4, -0.2) is 84.6 Å². The molecule has 2 heterocycles. The number of rotatable bonds is 7. The molecule has 2 atom stereocenters. The van der Waals surface area contributed by atoms with Crippen molar-refractivity contribution in [3.63, 3.8) is 0 Å². The molecule has 1 aromatic rings. The number of ether oxygens (including phenoxy) is 1. The van der Waals surface area contributed by atoms with Gasteiger partial charge in [-0.25, -0.2) is 14.4 Å². The number of amides is 4. The lowest BCUT2D eigenvalue weighted by Gasteiger charge is -2.42. The second-order valence-corrected chi connectivity index (χ2v) is 8.23. The first kappa shape index (κ1) is 24.6. The predicted octanol–water partition coefficient (Wildman–Crippen LogP) is 2.33. The molecule has 0 saturated carbocycles. The normalized spacial score (nSPS) is 21.6. The molecule has 2 N–H and O–H groups in total. The Balaban J connectivity index is 1.94. The van der Waals surface area contributed by atoms with E-state index in [0.717, 1.165) is 5.56 Å². The highest BCUT2D eigenvalue weighted by atomic mass is 16.5. The Morgan fingerprint density at radius 1 is 1.15 bits per heavy atom. The lowest BCUT2D eigenvalue weighted by Crippen LogP contribution is -2.58. The quantitative estimate of drug-likeness (QED) is 0.613. The molecule has 3 rings (SSSR count). The van der Waals surface area contributed by atoms with Crippen molar-refractivity contribution in [3.05, 3.63) is 47.2 Å². The minimum atomic E-state index is -0.579. The van der Waals surface area contributed by atoms with E-state index in [-0.39, 0.29) is 24.7 Å². The van der Waals surface area contributed by atoms with Crippen LogP contribution in [0.25, 0.3) is 0 Å². The van der Waals surface area contributed by atoms with Gasteiger partial charge in [0.1, 0.15) is 0 Å². The zero-order valence-electron chi connectivity index (χ0n) is 20.0. The van der Waals surface area contributed by atoms with E-state index >= 15 is 0 Å². The van der Waals surface area contributed by atoms with Crippen LogP contribution in [0.1, 0.15) is 39.3 Å². The van der Waals surface area contributed by atoms with E-state index in [4.69, 9.17) is 4.74 Å². The molecule has 2 aliphatic rings. The molecule has 0 bridgehead atoms. The van der Waals surface area contributed by atoms with Gasteiger partial charge in [0.25, 0.3) is 0 Å². The van der Waals surface area contributed by atoms with E-state index in [2.05, 4.69) is 15.5 Å². The summed E-state index contributed by atoms with van der Waals surface area (Å²) in [7, 11) is 0. The summed E-state index contributed by atoms with van der Waals surface area (Å²) in [5.41, 5.74) is 1.95. The Morgan fingerprint density at radius 2 is 1.88 bits per heavy atom. The number of urea groups is 2. The number of piperazine rings is 1. The highest BCUT2D eigenvalue weighted by molar-refractivity contribution is 5.95. The monoisotopic (exact) mass is 457 g/mol. The largest absolute Gasteiger partial charge is 0.463 e. The van der Waals surface area contributed by atoms with Gasteiger partial charge in [-0.15, -0.1) is 0 Å². The highest BCUT2D eigenvalue weighted by Crippen LogP contribution is 2.32. The summed E-state index contributed by atoms with van der Waals surface area (Å²) in [6, 6.07) is 8.61. The molecule has 0 radical (unpaired) electrons. The summed E-state index contributed by atoms with van der Waals surface area (Å²) in [4.78, 5) is 44.1. The van der Waals surface area contributed by atoms with E-state index < -0.39 is 12.0 Å². The maximum Gasteiger partial charge on any atom is 0.338 e. The fraction of sp³-hybridized carbons (Fsp3) is 0.542. The molecule has 1 fully saturated rings. The van der Waals surface area contributed by atoms with Crippen molar-refractivity contribution in [1.29, 1.82) is 0 Å². The molecule has 2 aliphatic heterocycles. The van der Waals surface area contributed by atoms with Crippen LogP contribution in [-0.2, 0) is 9.53 Å². The second-order valence-electron chi connectivity index (χ2n) is 8.23. The Kier molecular flexibility index (Phi) is 8.32. The zero-order chi connectivity index (χ0) is 24.0. The van der Waals surface area contributed by atoms with Crippen molar-refractivity contribution in [3.8, 4) is 0 Å². The van der Waals surface area contributed by atoms with Crippen LogP contribution in [0.4, 0.5) is 9.59 Å². The van der Waals surface area contributed by atoms with Gasteiger partial charge in [0.05, 0.1) is 18.2 Å². The Bertz CT molecular complexity index is 888. The molecule has 0 spiro atoms. The number of carbonyl (C=O) groups is 3. The van der Waals surface area contributed by atoms with Gasteiger partial charge >= 0.3 is 18.0 Å². The van der Waals surface area contributed by atoms with E-state index in [1.165, 1.54) is 0 Å². The van der Waals surface area contributed by atoms with Crippen molar-refractivity contribution < 1.29 is 19.1 Å². The topological polar surface area (TPSA) is 94.2 Å². The smallest absolute Gasteiger partial charge is 0.338 e. The maximum atomic E-state index is 13.1. The number of nitrogens with one attached hydrogen (secondary N) is 2. The van der Waals surface area contributed by atoms with E-state index in [1.54, 1.807) is 11.8 Å². The minimum absolute atomic E-state index is 0.00866.